The Balaban J connectivity index is 2.19. The number of rotatable bonds is 3. The lowest BCUT2D eigenvalue weighted by Crippen LogP contribution is -2.35. The number of aliphatic carboxylic acids is 1. The molecule has 0 aromatic heterocycles. The lowest BCUT2D eigenvalue weighted by atomic mass is 9.96. The van der Waals surface area contributed by atoms with E-state index in [1.54, 1.807) is 4.90 Å². The molecule has 0 spiro atoms. The fourth-order valence-corrected chi connectivity index (χ4v) is 2.71. The van der Waals surface area contributed by atoms with Gasteiger partial charge in [0.2, 0.25) is 0 Å². The first kappa shape index (κ1) is 18.6. The molecule has 1 heterocycles. The number of alkyl halides is 6. The van der Waals surface area contributed by atoms with Crippen LogP contribution in [0.4, 0.5) is 26.3 Å². The molecule has 0 radical (unpaired) electrons. The van der Waals surface area contributed by atoms with Gasteiger partial charge >= 0.3 is 18.3 Å². The van der Waals surface area contributed by atoms with Crippen molar-refractivity contribution in [3.05, 3.63) is 34.9 Å². The molecule has 1 N–H and O–H groups in total. The van der Waals surface area contributed by atoms with Crippen molar-refractivity contribution < 1.29 is 36.2 Å². The molecule has 1 aliphatic heterocycles. The van der Waals surface area contributed by atoms with E-state index < -0.39 is 35.4 Å². The SMILES string of the molecule is O=C(O)C1CCN(Cc2cc(C(F)(F)F)cc(C(F)(F)F)c2)CC1. The highest BCUT2D eigenvalue weighted by Crippen LogP contribution is 2.36. The normalized spacial score (nSPS) is 17.9. The average molecular weight is 355 g/mol. The Labute approximate surface area is 133 Å². The second-order valence-corrected chi connectivity index (χ2v) is 5.80. The van der Waals surface area contributed by atoms with Crippen molar-refractivity contribution in [2.75, 3.05) is 13.1 Å². The molecular formula is C15H15F6NO2. The zero-order chi connectivity index (χ0) is 18.1. The highest BCUT2D eigenvalue weighted by Gasteiger charge is 2.37. The van der Waals surface area contributed by atoms with Gasteiger partial charge in [-0.25, -0.2) is 0 Å². The van der Waals surface area contributed by atoms with E-state index >= 15 is 0 Å². The van der Waals surface area contributed by atoms with E-state index in [0.717, 1.165) is 0 Å². The molecule has 0 saturated carbocycles. The van der Waals surface area contributed by atoms with Crippen LogP contribution in [0.25, 0.3) is 0 Å². The Bertz CT molecular complexity index is 571. The molecule has 1 aliphatic rings. The summed E-state index contributed by atoms with van der Waals surface area (Å²) in [5.41, 5.74) is -2.77. The number of piperidine rings is 1. The Hall–Kier alpha value is -1.77. The molecule has 2 rings (SSSR count). The predicted octanol–water partition coefficient (Wildman–Crippen LogP) is 4.02. The molecule has 3 nitrogen and oxygen atoms in total. The lowest BCUT2D eigenvalue weighted by molar-refractivity contribution is -0.144. The molecule has 1 aromatic rings. The third kappa shape index (κ3) is 4.62. The van der Waals surface area contributed by atoms with Crippen molar-refractivity contribution in [1.82, 2.24) is 4.90 Å². The first-order valence-electron chi connectivity index (χ1n) is 7.20. The number of hydrogen-bond donors (Lipinski definition) is 1. The quantitative estimate of drug-likeness (QED) is 0.833. The standard InChI is InChI=1S/C15H15F6NO2/c16-14(17,18)11-5-9(6-12(7-11)15(19,20)21)8-22-3-1-10(2-4-22)13(23)24/h5-7,10H,1-4,8H2,(H,23,24). The van der Waals surface area contributed by atoms with Gasteiger partial charge in [0.25, 0.3) is 0 Å². The topological polar surface area (TPSA) is 40.5 Å². The second-order valence-electron chi connectivity index (χ2n) is 5.80. The maximum absolute atomic E-state index is 12.8. The third-order valence-corrected chi connectivity index (χ3v) is 3.99. The van der Waals surface area contributed by atoms with E-state index in [1.807, 2.05) is 0 Å². The Kier molecular flexibility index (Phi) is 5.12. The summed E-state index contributed by atoms with van der Waals surface area (Å²) in [7, 11) is 0. The van der Waals surface area contributed by atoms with Gasteiger partial charge in [0.05, 0.1) is 17.0 Å². The molecule has 24 heavy (non-hydrogen) atoms. The van der Waals surface area contributed by atoms with E-state index in [4.69, 9.17) is 5.11 Å². The van der Waals surface area contributed by atoms with Gasteiger partial charge in [-0.3, -0.25) is 9.69 Å². The van der Waals surface area contributed by atoms with Crippen LogP contribution in [0.5, 0.6) is 0 Å². The van der Waals surface area contributed by atoms with Crippen LogP contribution >= 0.6 is 0 Å². The third-order valence-electron chi connectivity index (χ3n) is 3.99. The minimum Gasteiger partial charge on any atom is -0.481 e. The summed E-state index contributed by atoms with van der Waals surface area (Å²) >= 11 is 0. The van der Waals surface area contributed by atoms with Crippen LogP contribution in [0.3, 0.4) is 0 Å². The molecule has 1 fully saturated rings. The number of likely N-dealkylation sites (tertiary alicyclic amines) is 1. The Morgan fingerprint density at radius 2 is 1.46 bits per heavy atom. The van der Waals surface area contributed by atoms with Crippen LogP contribution in [0.2, 0.25) is 0 Å². The number of halogens is 6. The zero-order valence-corrected chi connectivity index (χ0v) is 12.4. The first-order valence-corrected chi connectivity index (χ1v) is 7.20. The lowest BCUT2D eigenvalue weighted by Gasteiger charge is -2.30. The maximum atomic E-state index is 12.8. The summed E-state index contributed by atoms with van der Waals surface area (Å²) in [4.78, 5) is 12.5. The number of benzene rings is 1. The minimum atomic E-state index is -4.87. The van der Waals surface area contributed by atoms with Crippen LogP contribution in [0.1, 0.15) is 29.5 Å². The highest BCUT2D eigenvalue weighted by molar-refractivity contribution is 5.70. The fraction of sp³-hybridized carbons (Fsp3) is 0.533. The average Bonchev–Trinajstić information content (AvgIpc) is 2.45. The number of nitrogens with zero attached hydrogens (tertiary/aromatic N) is 1. The van der Waals surface area contributed by atoms with Crippen LogP contribution in [0, 0.1) is 5.92 Å². The number of carboxylic acids is 1. The number of carbonyl (C=O) groups is 1. The van der Waals surface area contributed by atoms with E-state index in [1.165, 1.54) is 0 Å². The fourth-order valence-electron chi connectivity index (χ4n) is 2.71. The van der Waals surface area contributed by atoms with Crippen LogP contribution < -0.4 is 0 Å². The second kappa shape index (κ2) is 6.62. The van der Waals surface area contributed by atoms with Crippen molar-refractivity contribution in [1.29, 1.82) is 0 Å². The van der Waals surface area contributed by atoms with E-state index in [9.17, 15) is 31.1 Å². The van der Waals surface area contributed by atoms with Crippen LogP contribution in [0.15, 0.2) is 18.2 Å². The van der Waals surface area contributed by atoms with Gasteiger partial charge in [-0.05, 0) is 49.7 Å². The summed E-state index contributed by atoms with van der Waals surface area (Å²) in [6, 6.07) is 1.51. The Morgan fingerprint density at radius 1 is 1.00 bits per heavy atom. The molecule has 0 bridgehead atoms. The molecule has 0 atom stereocenters. The predicted molar refractivity (Wildman–Crippen MR) is 72.1 cm³/mol. The van der Waals surface area contributed by atoms with Gasteiger partial charge in [0, 0.05) is 6.54 Å². The molecule has 134 valence electrons. The number of carboxylic acid groups (broad SMARTS) is 1. The summed E-state index contributed by atoms with van der Waals surface area (Å²) in [6.45, 7) is 0.544. The molecule has 9 heteroatoms. The van der Waals surface area contributed by atoms with Crippen molar-refractivity contribution in [3.63, 3.8) is 0 Å². The molecular weight excluding hydrogens is 340 g/mol. The highest BCUT2D eigenvalue weighted by atomic mass is 19.4. The van der Waals surface area contributed by atoms with Gasteiger partial charge in [-0.1, -0.05) is 0 Å². The van der Waals surface area contributed by atoms with Crippen molar-refractivity contribution in [3.8, 4) is 0 Å². The zero-order valence-electron chi connectivity index (χ0n) is 12.4. The first-order chi connectivity index (χ1) is 11.0. The summed E-state index contributed by atoms with van der Waals surface area (Å²) in [5.74, 6) is -1.46. The van der Waals surface area contributed by atoms with Gasteiger partial charge in [0.15, 0.2) is 0 Å². The Morgan fingerprint density at radius 3 is 1.83 bits per heavy atom. The summed E-state index contributed by atoms with van der Waals surface area (Å²) in [6.07, 6.45) is -9.10. The molecule has 0 amide bonds. The van der Waals surface area contributed by atoms with Gasteiger partial charge < -0.3 is 5.11 Å². The smallest absolute Gasteiger partial charge is 0.416 e. The molecule has 1 saturated heterocycles. The molecule has 1 aromatic carbocycles. The van der Waals surface area contributed by atoms with Gasteiger partial charge in [0.1, 0.15) is 0 Å². The number of hydrogen-bond acceptors (Lipinski definition) is 2. The molecule has 0 unspecified atom stereocenters. The van der Waals surface area contributed by atoms with Crippen LogP contribution in [-0.2, 0) is 23.7 Å². The van der Waals surface area contributed by atoms with E-state index in [-0.39, 0.29) is 18.2 Å². The van der Waals surface area contributed by atoms with E-state index in [2.05, 4.69) is 0 Å². The summed E-state index contributed by atoms with van der Waals surface area (Å²) < 4.78 is 76.9. The summed E-state index contributed by atoms with van der Waals surface area (Å²) in [5, 5.41) is 8.90. The van der Waals surface area contributed by atoms with Crippen molar-refractivity contribution in [2.45, 2.75) is 31.7 Å². The van der Waals surface area contributed by atoms with E-state index in [0.29, 0.717) is 38.1 Å². The largest absolute Gasteiger partial charge is 0.481 e. The van der Waals surface area contributed by atoms with Crippen LogP contribution in [-0.4, -0.2) is 29.1 Å². The van der Waals surface area contributed by atoms with Crippen molar-refractivity contribution in [2.24, 2.45) is 5.92 Å². The van der Waals surface area contributed by atoms with Crippen molar-refractivity contribution >= 4 is 5.97 Å². The van der Waals surface area contributed by atoms with Gasteiger partial charge in [-0.2, -0.15) is 26.3 Å². The van der Waals surface area contributed by atoms with Gasteiger partial charge in [-0.15, -0.1) is 0 Å². The molecule has 0 aliphatic carbocycles. The maximum Gasteiger partial charge on any atom is 0.416 e. The monoisotopic (exact) mass is 355 g/mol. The minimum absolute atomic E-state index is 0.0840.